The molecule has 0 saturated carbocycles. The van der Waals surface area contributed by atoms with Crippen LogP contribution in [0, 0.1) is 0 Å². The van der Waals surface area contributed by atoms with E-state index in [1.54, 1.807) is 12.1 Å². The molecular weight excluding hydrogens is 296 g/mol. The number of hydrogen-bond donors (Lipinski definition) is 0. The van der Waals surface area contributed by atoms with Crippen LogP contribution in [0.4, 0.5) is 0 Å². The highest BCUT2D eigenvalue weighted by atomic mass is 16.5. The Morgan fingerprint density at radius 2 is 1.38 bits per heavy atom. The van der Waals surface area contributed by atoms with E-state index in [0.717, 1.165) is 24.9 Å². The van der Waals surface area contributed by atoms with Gasteiger partial charge in [-0.1, -0.05) is 54.6 Å². The van der Waals surface area contributed by atoms with Crippen molar-refractivity contribution in [2.75, 3.05) is 0 Å². The van der Waals surface area contributed by atoms with Gasteiger partial charge in [-0.15, -0.1) is 0 Å². The van der Waals surface area contributed by atoms with Gasteiger partial charge in [-0.2, -0.15) is 0 Å². The van der Waals surface area contributed by atoms with Crippen LogP contribution in [-0.4, -0.2) is 6.29 Å². The number of carbonyl (C=O) groups is 1. The molecule has 3 aromatic rings. The number of rotatable bonds is 7. The summed E-state index contributed by atoms with van der Waals surface area (Å²) in [6.07, 6.45) is 2.85. The second-order valence-corrected chi connectivity index (χ2v) is 5.73. The number of benzene rings is 3. The average molecular weight is 316 g/mol. The van der Waals surface area contributed by atoms with Gasteiger partial charge in [0.25, 0.3) is 0 Å². The highest BCUT2D eigenvalue weighted by Gasteiger charge is 2.04. The van der Waals surface area contributed by atoms with Crippen LogP contribution in [0.25, 0.3) is 0 Å². The molecule has 0 radical (unpaired) electrons. The van der Waals surface area contributed by atoms with Gasteiger partial charge in [-0.3, -0.25) is 4.79 Å². The van der Waals surface area contributed by atoms with E-state index >= 15 is 0 Å². The topological polar surface area (TPSA) is 26.3 Å². The molecule has 2 heteroatoms. The van der Waals surface area contributed by atoms with Gasteiger partial charge in [-0.05, 0) is 53.8 Å². The summed E-state index contributed by atoms with van der Waals surface area (Å²) in [4.78, 5) is 10.7. The molecule has 24 heavy (non-hydrogen) atoms. The van der Waals surface area contributed by atoms with Crippen LogP contribution >= 0.6 is 0 Å². The lowest BCUT2D eigenvalue weighted by molar-refractivity contribution is 0.112. The molecule has 0 unspecified atom stereocenters. The molecule has 2 nitrogen and oxygen atoms in total. The van der Waals surface area contributed by atoms with E-state index in [2.05, 4.69) is 42.5 Å². The summed E-state index contributed by atoms with van der Waals surface area (Å²) in [5.74, 6) is 0.776. The van der Waals surface area contributed by atoms with Crippen molar-refractivity contribution in [1.29, 1.82) is 0 Å². The Hall–Kier alpha value is -2.87. The predicted octanol–water partition coefficient (Wildman–Crippen LogP) is 4.86. The molecule has 0 aliphatic heterocycles. The minimum absolute atomic E-state index is 0.533. The first-order valence-electron chi connectivity index (χ1n) is 8.14. The van der Waals surface area contributed by atoms with E-state index in [9.17, 15) is 4.79 Å². The predicted molar refractivity (Wildman–Crippen MR) is 96.5 cm³/mol. The molecule has 0 fully saturated rings. The van der Waals surface area contributed by atoms with Crippen LogP contribution < -0.4 is 4.74 Å². The summed E-state index contributed by atoms with van der Waals surface area (Å²) in [6.45, 7) is 0.533. The van der Waals surface area contributed by atoms with E-state index in [0.29, 0.717) is 12.2 Å². The third-order valence-electron chi connectivity index (χ3n) is 4.05. The Kier molecular flexibility index (Phi) is 5.41. The Morgan fingerprint density at radius 3 is 2.08 bits per heavy atom. The second-order valence-electron chi connectivity index (χ2n) is 5.73. The first kappa shape index (κ1) is 16.0. The van der Waals surface area contributed by atoms with Crippen LogP contribution in [0.1, 0.15) is 27.0 Å². The zero-order chi connectivity index (χ0) is 16.6. The molecule has 0 aliphatic rings. The normalized spacial score (nSPS) is 10.3. The van der Waals surface area contributed by atoms with Crippen LogP contribution in [-0.2, 0) is 19.4 Å². The smallest absolute Gasteiger partial charge is 0.150 e. The Labute approximate surface area is 142 Å². The van der Waals surface area contributed by atoms with E-state index in [1.165, 1.54) is 16.7 Å². The van der Waals surface area contributed by atoms with Gasteiger partial charge in [0.1, 0.15) is 18.6 Å². The van der Waals surface area contributed by atoms with Crippen molar-refractivity contribution < 1.29 is 9.53 Å². The molecule has 0 aromatic heterocycles. The maximum absolute atomic E-state index is 10.7. The molecule has 0 atom stereocenters. The van der Waals surface area contributed by atoms with Gasteiger partial charge >= 0.3 is 0 Å². The third kappa shape index (κ3) is 4.32. The fourth-order valence-corrected chi connectivity index (χ4v) is 2.67. The first-order chi connectivity index (χ1) is 11.8. The van der Waals surface area contributed by atoms with Gasteiger partial charge in [0, 0.05) is 5.56 Å². The lowest BCUT2D eigenvalue weighted by Crippen LogP contribution is -2.01. The van der Waals surface area contributed by atoms with Crippen molar-refractivity contribution in [1.82, 2.24) is 0 Å². The van der Waals surface area contributed by atoms with Crippen molar-refractivity contribution >= 4 is 6.29 Å². The maximum atomic E-state index is 10.7. The van der Waals surface area contributed by atoms with Crippen molar-refractivity contribution in [3.05, 3.63) is 101 Å². The molecule has 0 heterocycles. The molecule has 120 valence electrons. The van der Waals surface area contributed by atoms with E-state index in [4.69, 9.17) is 4.74 Å². The highest BCUT2D eigenvalue weighted by Crippen LogP contribution is 2.17. The lowest BCUT2D eigenvalue weighted by Gasteiger charge is -2.11. The zero-order valence-corrected chi connectivity index (χ0v) is 13.5. The zero-order valence-electron chi connectivity index (χ0n) is 13.5. The molecule has 0 saturated heterocycles. The standard InChI is InChI=1S/C22H20O2/c23-16-19-11-14-22(15-12-19)24-17-21-9-5-4-8-20(21)13-10-18-6-2-1-3-7-18/h1-9,11-12,14-16H,10,13,17H2. The molecule has 0 aliphatic carbocycles. The van der Waals surface area contributed by atoms with Gasteiger partial charge < -0.3 is 4.74 Å². The number of aryl methyl sites for hydroxylation is 2. The Bertz CT molecular complexity index is 777. The Balaban J connectivity index is 1.63. The summed E-state index contributed by atoms with van der Waals surface area (Å²) in [5, 5.41) is 0. The summed E-state index contributed by atoms with van der Waals surface area (Å²) in [5.41, 5.74) is 4.52. The molecular formula is C22H20O2. The van der Waals surface area contributed by atoms with E-state index < -0.39 is 0 Å². The minimum Gasteiger partial charge on any atom is -0.489 e. The van der Waals surface area contributed by atoms with Gasteiger partial charge in [0.2, 0.25) is 0 Å². The van der Waals surface area contributed by atoms with Crippen LogP contribution in [0.3, 0.4) is 0 Å². The molecule has 3 rings (SSSR count). The largest absolute Gasteiger partial charge is 0.489 e. The van der Waals surface area contributed by atoms with E-state index in [-0.39, 0.29) is 0 Å². The molecule has 0 amide bonds. The van der Waals surface area contributed by atoms with Crippen LogP contribution in [0.2, 0.25) is 0 Å². The fraction of sp³-hybridized carbons (Fsp3) is 0.136. The fourth-order valence-electron chi connectivity index (χ4n) is 2.67. The summed E-state index contributed by atoms with van der Waals surface area (Å²) in [7, 11) is 0. The van der Waals surface area contributed by atoms with Crippen LogP contribution in [0.15, 0.2) is 78.9 Å². The third-order valence-corrected chi connectivity index (χ3v) is 4.05. The molecule has 0 spiro atoms. The quantitative estimate of drug-likeness (QED) is 0.582. The van der Waals surface area contributed by atoms with Crippen molar-refractivity contribution in [3.63, 3.8) is 0 Å². The number of aldehydes is 1. The van der Waals surface area contributed by atoms with Crippen molar-refractivity contribution in [3.8, 4) is 5.75 Å². The molecule has 0 bridgehead atoms. The summed E-state index contributed by atoms with van der Waals surface area (Å²) in [6, 6.07) is 26.1. The number of carbonyl (C=O) groups excluding carboxylic acids is 1. The number of ether oxygens (including phenoxy) is 1. The highest BCUT2D eigenvalue weighted by molar-refractivity contribution is 5.74. The van der Waals surface area contributed by atoms with E-state index in [1.807, 2.05) is 24.3 Å². The first-order valence-corrected chi connectivity index (χ1v) is 8.14. The SMILES string of the molecule is O=Cc1ccc(OCc2ccccc2CCc2ccccc2)cc1. The van der Waals surface area contributed by atoms with Crippen LogP contribution in [0.5, 0.6) is 5.75 Å². The van der Waals surface area contributed by atoms with Crippen molar-refractivity contribution in [2.45, 2.75) is 19.4 Å². The van der Waals surface area contributed by atoms with Gasteiger partial charge in [-0.25, -0.2) is 0 Å². The molecule has 3 aromatic carbocycles. The number of hydrogen-bond acceptors (Lipinski definition) is 2. The minimum atomic E-state index is 0.533. The van der Waals surface area contributed by atoms with Crippen molar-refractivity contribution in [2.24, 2.45) is 0 Å². The Morgan fingerprint density at radius 1 is 0.708 bits per heavy atom. The van der Waals surface area contributed by atoms with Gasteiger partial charge in [0.05, 0.1) is 0 Å². The average Bonchev–Trinajstić information content (AvgIpc) is 2.66. The second kappa shape index (κ2) is 8.11. The van der Waals surface area contributed by atoms with Gasteiger partial charge in [0.15, 0.2) is 0 Å². The molecule has 0 N–H and O–H groups in total. The monoisotopic (exact) mass is 316 g/mol. The summed E-state index contributed by atoms with van der Waals surface area (Å²) < 4.78 is 5.87. The maximum Gasteiger partial charge on any atom is 0.150 e. The summed E-state index contributed by atoms with van der Waals surface area (Å²) >= 11 is 0. The lowest BCUT2D eigenvalue weighted by atomic mass is 10.0.